The summed E-state index contributed by atoms with van der Waals surface area (Å²) in [5.41, 5.74) is -0.0523. The Morgan fingerprint density at radius 1 is 1.37 bits per heavy atom. The Bertz CT molecular complexity index is 597. The lowest BCUT2D eigenvalue weighted by Crippen LogP contribution is -2.04. The maximum absolute atomic E-state index is 10.8. The molecule has 0 aliphatic heterocycles. The van der Waals surface area contributed by atoms with Crippen LogP contribution in [0.1, 0.15) is 11.7 Å². The van der Waals surface area contributed by atoms with E-state index in [0.717, 1.165) is 0 Å². The van der Waals surface area contributed by atoms with Gasteiger partial charge in [-0.2, -0.15) is 4.98 Å². The monoisotopic (exact) mass is 264 g/mol. The number of nitrogens with one attached hydrogen (secondary N) is 2. The van der Waals surface area contributed by atoms with Crippen LogP contribution in [0.4, 0.5) is 17.3 Å². The van der Waals surface area contributed by atoms with E-state index in [1.165, 1.54) is 12.1 Å². The van der Waals surface area contributed by atoms with Gasteiger partial charge in [0, 0.05) is 7.05 Å². The van der Waals surface area contributed by atoms with Crippen molar-refractivity contribution in [3.63, 3.8) is 0 Å². The molecular formula is C10H12N6O3. The van der Waals surface area contributed by atoms with E-state index in [-0.39, 0.29) is 12.2 Å². The first-order valence-electron chi connectivity index (χ1n) is 5.46. The van der Waals surface area contributed by atoms with Crippen LogP contribution in [0.15, 0.2) is 16.7 Å². The summed E-state index contributed by atoms with van der Waals surface area (Å²) in [7, 11) is 1.64. The van der Waals surface area contributed by atoms with Gasteiger partial charge in [-0.1, -0.05) is 5.16 Å². The lowest BCUT2D eigenvalue weighted by Gasteiger charge is -2.05. The highest BCUT2D eigenvalue weighted by atomic mass is 16.6. The highest BCUT2D eigenvalue weighted by Crippen LogP contribution is 2.20. The van der Waals surface area contributed by atoms with Crippen LogP contribution in [-0.2, 0) is 6.54 Å². The molecule has 0 saturated heterocycles. The second-order valence-corrected chi connectivity index (χ2v) is 3.69. The molecule has 9 heteroatoms. The van der Waals surface area contributed by atoms with Crippen LogP contribution in [0, 0.1) is 17.0 Å². The zero-order valence-electron chi connectivity index (χ0n) is 10.4. The largest absolute Gasteiger partial charge is 0.373 e. The molecule has 0 amide bonds. The molecule has 2 rings (SSSR count). The summed E-state index contributed by atoms with van der Waals surface area (Å²) < 4.78 is 4.92. The molecule has 0 bridgehead atoms. The third kappa shape index (κ3) is 3.15. The maximum atomic E-state index is 10.8. The van der Waals surface area contributed by atoms with Gasteiger partial charge in [-0.3, -0.25) is 10.1 Å². The molecule has 0 aliphatic rings. The second kappa shape index (κ2) is 5.29. The van der Waals surface area contributed by atoms with Crippen molar-refractivity contribution >= 4 is 17.3 Å². The molecule has 0 radical (unpaired) electrons. The Labute approximate surface area is 108 Å². The van der Waals surface area contributed by atoms with E-state index in [0.29, 0.717) is 23.4 Å². The second-order valence-electron chi connectivity index (χ2n) is 3.69. The van der Waals surface area contributed by atoms with Gasteiger partial charge in [0.15, 0.2) is 5.82 Å². The number of rotatable bonds is 5. The molecular weight excluding hydrogens is 252 g/mol. The number of pyridine rings is 1. The van der Waals surface area contributed by atoms with Crippen LogP contribution in [0.3, 0.4) is 0 Å². The van der Waals surface area contributed by atoms with Crippen molar-refractivity contribution < 1.29 is 9.45 Å². The quantitative estimate of drug-likeness (QED) is 0.613. The molecule has 9 nitrogen and oxygen atoms in total. The SMILES string of the molecule is CNc1cc([N+](=O)[O-])cc(NCc2nc(C)no2)n1. The van der Waals surface area contributed by atoms with Crippen LogP contribution in [0.25, 0.3) is 0 Å². The fourth-order valence-corrected chi connectivity index (χ4v) is 1.42. The van der Waals surface area contributed by atoms with Gasteiger partial charge in [-0.25, -0.2) is 4.98 Å². The molecule has 2 heterocycles. The number of anilines is 2. The van der Waals surface area contributed by atoms with Crippen LogP contribution in [0.2, 0.25) is 0 Å². The number of nitro groups is 1. The van der Waals surface area contributed by atoms with Gasteiger partial charge in [-0.05, 0) is 6.92 Å². The molecule has 2 aromatic rings. The van der Waals surface area contributed by atoms with Gasteiger partial charge in [0.25, 0.3) is 5.69 Å². The molecule has 100 valence electrons. The lowest BCUT2D eigenvalue weighted by molar-refractivity contribution is -0.384. The summed E-state index contributed by atoms with van der Waals surface area (Å²) in [5, 5.41) is 20.1. The standard InChI is InChI=1S/C10H12N6O3/c1-6-13-10(19-15-6)5-12-9-4-7(16(17)18)3-8(11-2)14-9/h3-4H,5H2,1-2H3,(H2,11,12,14). The molecule has 2 N–H and O–H groups in total. The van der Waals surface area contributed by atoms with E-state index in [4.69, 9.17) is 4.52 Å². The number of hydrogen-bond donors (Lipinski definition) is 2. The van der Waals surface area contributed by atoms with Gasteiger partial charge in [-0.15, -0.1) is 0 Å². The van der Waals surface area contributed by atoms with E-state index in [1.54, 1.807) is 14.0 Å². The third-order valence-corrected chi connectivity index (χ3v) is 2.27. The molecule has 0 spiro atoms. The molecule has 19 heavy (non-hydrogen) atoms. The minimum atomic E-state index is -0.482. The Kier molecular flexibility index (Phi) is 3.55. The summed E-state index contributed by atoms with van der Waals surface area (Å²) in [6.07, 6.45) is 0. The van der Waals surface area contributed by atoms with E-state index in [2.05, 4.69) is 25.8 Å². The van der Waals surface area contributed by atoms with Crippen molar-refractivity contribution in [3.05, 3.63) is 34.0 Å². The fourth-order valence-electron chi connectivity index (χ4n) is 1.42. The minimum absolute atomic E-state index is 0.0523. The summed E-state index contributed by atoms with van der Waals surface area (Å²) in [4.78, 5) is 18.4. The Balaban J connectivity index is 2.15. The first kappa shape index (κ1) is 12.7. The van der Waals surface area contributed by atoms with Gasteiger partial charge >= 0.3 is 0 Å². The van der Waals surface area contributed by atoms with Crippen LogP contribution >= 0.6 is 0 Å². The molecule has 0 atom stereocenters. The van der Waals surface area contributed by atoms with Crippen molar-refractivity contribution in [3.8, 4) is 0 Å². The number of aromatic nitrogens is 3. The molecule has 0 aromatic carbocycles. The van der Waals surface area contributed by atoms with Gasteiger partial charge in [0.2, 0.25) is 5.89 Å². The van der Waals surface area contributed by atoms with E-state index < -0.39 is 4.92 Å². The third-order valence-electron chi connectivity index (χ3n) is 2.27. The van der Waals surface area contributed by atoms with E-state index in [1.807, 2.05) is 0 Å². The molecule has 2 aromatic heterocycles. The normalized spacial score (nSPS) is 10.2. The Hall–Kier alpha value is -2.71. The summed E-state index contributed by atoms with van der Waals surface area (Å²) in [6, 6.07) is 2.69. The number of aryl methyl sites for hydroxylation is 1. The lowest BCUT2D eigenvalue weighted by atomic mass is 10.3. The van der Waals surface area contributed by atoms with Crippen LogP contribution in [-0.4, -0.2) is 27.1 Å². The summed E-state index contributed by atoms with van der Waals surface area (Å²) in [5.74, 6) is 1.67. The van der Waals surface area contributed by atoms with Crippen LogP contribution < -0.4 is 10.6 Å². The highest BCUT2D eigenvalue weighted by Gasteiger charge is 2.11. The first-order valence-corrected chi connectivity index (χ1v) is 5.46. The van der Waals surface area contributed by atoms with Crippen molar-refractivity contribution in [2.75, 3.05) is 17.7 Å². The average Bonchev–Trinajstić information content (AvgIpc) is 2.81. The topological polar surface area (TPSA) is 119 Å². The summed E-state index contributed by atoms with van der Waals surface area (Å²) >= 11 is 0. The Morgan fingerprint density at radius 3 is 2.68 bits per heavy atom. The number of nitrogens with zero attached hydrogens (tertiary/aromatic N) is 4. The number of hydrogen-bond acceptors (Lipinski definition) is 8. The van der Waals surface area contributed by atoms with Crippen molar-refractivity contribution in [1.82, 2.24) is 15.1 Å². The van der Waals surface area contributed by atoms with Crippen molar-refractivity contribution in [1.29, 1.82) is 0 Å². The minimum Gasteiger partial charge on any atom is -0.373 e. The predicted octanol–water partition coefficient (Wildman–Crippen LogP) is 1.34. The van der Waals surface area contributed by atoms with E-state index >= 15 is 0 Å². The molecule has 0 fully saturated rings. The van der Waals surface area contributed by atoms with Gasteiger partial charge in [0.05, 0.1) is 23.6 Å². The molecule has 0 unspecified atom stereocenters. The van der Waals surface area contributed by atoms with Gasteiger partial charge in [0.1, 0.15) is 11.6 Å². The average molecular weight is 264 g/mol. The smallest absolute Gasteiger partial charge is 0.276 e. The van der Waals surface area contributed by atoms with Crippen molar-refractivity contribution in [2.24, 2.45) is 0 Å². The zero-order chi connectivity index (χ0) is 13.8. The zero-order valence-corrected chi connectivity index (χ0v) is 10.4. The highest BCUT2D eigenvalue weighted by molar-refractivity contribution is 5.54. The Morgan fingerprint density at radius 2 is 2.11 bits per heavy atom. The van der Waals surface area contributed by atoms with Gasteiger partial charge < -0.3 is 15.2 Å². The van der Waals surface area contributed by atoms with Crippen molar-refractivity contribution in [2.45, 2.75) is 13.5 Å². The fraction of sp³-hybridized carbons (Fsp3) is 0.300. The first-order chi connectivity index (χ1) is 9.08. The van der Waals surface area contributed by atoms with Crippen LogP contribution in [0.5, 0.6) is 0 Å². The summed E-state index contributed by atoms with van der Waals surface area (Å²) in [6.45, 7) is 1.95. The molecule has 0 aliphatic carbocycles. The molecule has 0 saturated carbocycles. The predicted molar refractivity (Wildman–Crippen MR) is 66.8 cm³/mol. The maximum Gasteiger partial charge on any atom is 0.276 e. The van der Waals surface area contributed by atoms with E-state index in [9.17, 15) is 10.1 Å².